The maximum Gasteiger partial charge on any atom is 0.293 e. The van der Waals surface area contributed by atoms with Crippen LogP contribution < -0.4 is 4.74 Å². The van der Waals surface area contributed by atoms with E-state index in [-0.39, 0.29) is 6.47 Å². The van der Waals surface area contributed by atoms with Gasteiger partial charge in [0.05, 0.1) is 0 Å². The van der Waals surface area contributed by atoms with Crippen molar-refractivity contribution in [3.05, 3.63) is 42.2 Å². The summed E-state index contributed by atoms with van der Waals surface area (Å²) in [7, 11) is 0. The average molecular weight is 392 g/mol. The van der Waals surface area contributed by atoms with Gasteiger partial charge in [-0.3, -0.25) is 4.79 Å². The Morgan fingerprint density at radius 3 is 2.32 bits per heavy atom. The summed E-state index contributed by atoms with van der Waals surface area (Å²) in [5.74, 6) is 1.00. The van der Waals surface area contributed by atoms with E-state index < -0.39 is 25.6 Å². The smallest absolute Gasteiger partial charge is 0.293 e. The molecular formula is C21H26F2N2O3. The van der Waals surface area contributed by atoms with Crippen molar-refractivity contribution in [1.29, 1.82) is 0 Å². The molecule has 1 aromatic carbocycles. The van der Waals surface area contributed by atoms with Gasteiger partial charge in [0.1, 0.15) is 19.0 Å². The number of hydrogen-bond donors (Lipinski definition) is 0. The summed E-state index contributed by atoms with van der Waals surface area (Å²) in [5, 5.41) is 0. The summed E-state index contributed by atoms with van der Waals surface area (Å²) in [4.78, 5) is 18.8. The van der Waals surface area contributed by atoms with E-state index in [1.807, 2.05) is 12.4 Å². The zero-order valence-corrected chi connectivity index (χ0v) is 16.0. The van der Waals surface area contributed by atoms with Gasteiger partial charge in [-0.1, -0.05) is 26.2 Å². The van der Waals surface area contributed by atoms with Gasteiger partial charge in [0, 0.05) is 18.0 Å². The lowest BCUT2D eigenvalue weighted by Crippen LogP contribution is -2.28. The Labute approximate surface area is 164 Å². The number of halogens is 2. The summed E-state index contributed by atoms with van der Waals surface area (Å²) in [6.07, 6.45) is 5.67. The van der Waals surface area contributed by atoms with Crippen molar-refractivity contribution in [3.63, 3.8) is 0 Å². The van der Waals surface area contributed by atoms with Crippen LogP contribution in [0, 0.1) is 0 Å². The van der Waals surface area contributed by atoms with Crippen LogP contribution in [-0.2, 0) is 16.0 Å². The van der Waals surface area contributed by atoms with Crippen molar-refractivity contribution in [3.8, 4) is 17.1 Å². The highest BCUT2D eigenvalue weighted by atomic mass is 19.2. The first kappa shape index (κ1) is 21.7. The standard InChI is InChI=1S/C21H26F2N2O3/c1-2-3-4-5-6-16-11-24-21(25-12-16)17-7-9-18(10-8-17)28-14-20(23)19(22)13-27-15-26/h7-12,15,19-20H,2-6,13-14H2,1H3. The molecule has 0 N–H and O–H groups in total. The van der Waals surface area contributed by atoms with Gasteiger partial charge in [-0.25, -0.2) is 18.7 Å². The number of aryl methyl sites for hydroxylation is 1. The maximum absolute atomic E-state index is 13.6. The normalized spacial score (nSPS) is 13.0. The third-order valence-electron chi connectivity index (χ3n) is 4.26. The fraction of sp³-hybridized carbons (Fsp3) is 0.476. The van der Waals surface area contributed by atoms with Crippen molar-refractivity contribution in [2.75, 3.05) is 13.2 Å². The van der Waals surface area contributed by atoms with Gasteiger partial charge in [-0.05, 0) is 42.7 Å². The van der Waals surface area contributed by atoms with Crippen LogP contribution in [0.5, 0.6) is 5.75 Å². The highest BCUT2D eigenvalue weighted by molar-refractivity contribution is 5.55. The van der Waals surface area contributed by atoms with Crippen molar-refractivity contribution >= 4 is 6.47 Å². The van der Waals surface area contributed by atoms with Crippen LogP contribution in [0.1, 0.15) is 38.2 Å². The first-order chi connectivity index (χ1) is 13.6. The average Bonchev–Trinajstić information content (AvgIpc) is 2.74. The molecule has 0 spiro atoms. The Balaban J connectivity index is 1.83. The molecule has 0 aliphatic heterocycles. The topological polar surface area (TPSA) is 61.3 Å². The number of hydrogen-bond acceptors (Lipinski definition) is 5. The minimum Gasteiger partial charge on any atom is -0.490 e. The molecule has 0 saturated heterocycles. The molecule has 28 heavy (non-hydrogen) atoms. The minimum atomic E-state index is -1.92. The number of ether oxygens (including phenoxy) is 2. The third kappa shape index (κ3) is 7.21. The van der Waals surface area contributed by atoms with E-state index in [0.717, 1.165) is 24.0 Å². The fourth-order valence-electron chi connectivity index (χ4n) is 2.60. The number of benzene rings is 1. The molecule has 7 heteroatoms. The van der Waals surface area contributed by atoms with Crippen molar-refractivity contribution < 1.29 is 23.0 Å². The second-order valence-corrected chi connectivity index (χ2v) is 6.52. The summed E-state index contributed by atoms with van der Waals surface area (Å²) in [6.45, 7) is 1.18. The number of alkyl halides is 2. The van der Waals surface area contributed by atoms with Gasteiger partial charge in [0.15, 0.2) is 18.2 Å². The van der Waals surface area contributed by atoms with E-state index in [1.165, 1.54) is 19.3 Å². The van der Waals surface area contributed by atoms with Crippen LogP contribution in [0.3, 0.4) is 0 Å². The molecule has 0 saturated carbocycles. The quantitative estimate of drug-likeness (QED) is 0.371. The molecule has 2 unspecified atom stereocenters. The van der Waals surface area contributed by atoms with Crippen LogP contribution in [0.2, 0.25) is 0 Å². The van der Waals surface area contributed by atoms with Gasteiger partial charge in [0.25, 0.3) is 6.47 Å². The molecule has 0 aliphatic rings. The molecule has 2 rings (SSSR count). The van der Waals surface area contributed by atoms with E-state index in [0.29, 0.717) is 11.6 Å². The van der Waals surface area contributed by atoms with E-state index >= 15 is 0 Å². The lowest BCUT2D eigenvalue weighted by molar-refractivity contribution is -0.131. The molecule has 0 aliphatic carbocycles. The van der Waals surface area contributed by atoms with Crippen LogP contribution in [0.4, 0.5) is 8.78 Å². The second kappa shape index (κ2) is 12.0. The molecule has 152 valence electrons. The van der Waals surface area contributed by atoms with Gasteiger partial charge in [0.2, 0.25) is 0 Å². The number of aromatic nitrogens is 2. The fourth-order valence-corrected chi connectivity index (χ4v) is 2.60. The van der Waals surface area contributed by atoms with E-state index in [2.05, 4.69) is 21.6 Å². The van der Waals surface area contributed by atoms with Crippen molar-refractivity contribution in [2.45, 2.75) is 51.4 Å². The molecular weight excluding hydrogens is 366 g/mol. The summed E-state index contributed by atoms with van der Waals surface area (Å²) in [5.41, 5.74) is 1.93. The molecule has 0 fully saturated rings. The third-order valence-corrected chi connectivity index (χ3v) is 4.26. The highest BCUT2D eigenvalue weighted by Gasteiger charge is 2.21. The maximum atomic E-state index is 13.6. The van der Waals surface area contributed by atoms with Crippen LogP contribution in [0.15, 0.2) is 36.7 Å². The number of nitrogens with zero attached hydrogens (tertiary/aromatic N) is 2. The molecule has 2 atom stereocenters. The Hall–Kier alpha value is -2.57. The summed E-state index contributed by atoms with van der Waals surface area (Å²) < 4.78 is 36.4. The number of carbonyl (C=O) groups is 1. The monoisotopic (exact) mass is 392 g/mol. The predicted octanol–water partition coefficient (Wildman–Crippen LogP) is 4.49. The second-order valence-electron chi connectivity index (χ2n) is 6.52. The molecule has 1 heterocycles. The van der Waals surface area contributed by atoms with E-state index in [4.69, 9.17) is 4.74 Å². The first-order valence-electron chi connectivity index (χ1n) is 9.51. The molecule has 5 nitrogen and oxygen atoms in total. The van der Waals surface area contributed by atoms with Crippen LogP contribution in [-0.4, -0.2) is 42.0 Å². The largest absolute Gasteiger partial charge is 0.490 e. The Morgan fingerprint density at radius 2 is 1.68 bits per heavy atom. The SMILES string of the molecule is CCCCCCc1cnc(-c2ccc(OCC(F)C(F)COC=O)cc2)nc1. The first-order valence-corrected chi connectivity index (χ1v) is 9.51. The van der Waals surface area contributed by atoms with Crippen LogP contribution >= 0.6 is 0 Å². The van der Waals surface area contributed by atoms with Crippen molar-refractivity contribution in [1.82, 2.24) is 9.97 Å². The molecule has 1 aromatic heterocycles. The Kier molecular flexibility index (Phi) is 9.31. The molecule has 0 amide bonds. The minimum absolute atomic E-state index is 0.0833. The Morgan fingerprint density at radius 1 is 1.00 bits per heavy atom. The number of unbranched alkanes of at least 4 members (excludes halogenated alkanes) is 3. The summed E-state index contributed by atoms with van der Waals surface area (Å²) in [6, 6.07) is 6.83. The van der Waals surface area contributed by atoms with Gasteiger partial charge < -0.3 is 9.47 Å². The van der Waals surface area contributed by atoms with Gasteiger partial charge in [-0.2, -0.15) is 0 Å². The lowest BCUT2D eigenvalue weighted by Gasteiger charge is -2.14. The lowest BCUT2D eigenvalue weighted by atomic mass is 10.1. The molecule has 0 bridgehead atoms. The molecule has 0 radical (unpaired) electrons. The van der Waals surface area contributed by atoms with E-state index in [9.17, 15) is 13.6 Å². The zero-order chi connectivity index (χ0) is 20.2. The van der Waals surface area contributed by atoms with Gasteiger partial charge >= 0.3 is 0 Å². The van der Waals surface area contributed by atoms with Crippen molar-refractivity contribution in [2.24, 2.45) is 0 Å². The summed E-state index contributed by atoms with van der Waals surface area (Å²) >= 11 is 0. The zero-order valence-electron chi connectivity index (χ0n) is 16.0. The van der Waals surface area contributed by atoms with E-state index in [1.54, 1.807) is 24.3 Å². The van der Waals surface area contributed by atoms with Crippen LogP contribution in [0.25, 0.3) is 11.4 Å². The van der Waals surface area contributed by atoms with Gasteiger partial charge in [-0.15, -0.1) is 0 Å². The molecule has 2 aromatic rings. The Bertz CT molecular complexity index is 696. The highest BCUT2D eigenvalue weighted by Crippen LogP contribution is 2.20. The number of rotatable bonds is 13. The number of carbonyl (C=O) groups excluding carboxylic acids is 1. The predicted molar refractivity (Wildman–Crippen MR) is 103 cm³/mol.